The number of quaternary nitrogens is 1. The van der Waals surface area contributed by atoms with E-state index in [1.54, 1.807) is 12.1 Å². The van der Waals surface area contributed by atoms with E-state index in [4.69, 9.17) is 4.74 Å². The standard InChI is InChI=1S/C17H24N4O4/c22-17(18-12-16-2-1-11-25-16)13-19-7-9-20(10-8-19)14-3-5-15(6-4-14)21(23)24/h3-6,16H,1-2,7-13H2,(H,18,22)/p+1/t16-/m0/s1. The summed E-state index contributed by atoms with van der Waals surface area (Å²) >= 11 is 0. The normalized spacial score (nSPS) is 21.3. The van der Waals surface area contributed by atoms with Crippen LogP contribution in [0.3, 0.4) is 0 Å². The fourth-order valence-electron chi connectivity index (χ4n) is 3.37. The van der Waals surface area contributed by atoms with Gasteiger partial charge in [0.15, 0.2) is 6.54 Å². The maximum absolute atomic E-state index is 12.1. The summed E-state index contributed by atoms with van der Waals surface area (Å²) in [5.41, 5.74) is 1.10. The van der Waals surface area contributed by atoms with Crippen LogP contribution in [0.5, 0.6) is 0 Å². The summed E-state index contributed by atoms with van der Waals surface area (Å²) in [5, 5.41) is 13.7. The summed E-state index contributed by atoms with van der Waals surface area (Å²) in [6.45, 7) is 5.34. The zero-order valence-corrected chi connectivity index (χ0v) is 14.3. The van der Waals surface area contributed by atoms with E-state index in [2.05, 4.69) is 10.2 Å². The Hall–Kier alpha value is -2.19. The second-order valence-electron chi connectivity index (χ2n) is 6.63. The number of carbonyl (C=O) groups is 1. The van der Waals surface area contributed by atoms with E-state index in [0.29, 0.717) is 13.1 Å². The van der Waals surface area contributed by atoms with E-state index in [1.165, 1.54) is 17.0 Å². The summed E-state index contributed by atoms with van der Waals surface area (Å²) < 4.78 is 5.51. The van der Waals surface area contributed by atoms with Gasteiger partial charge in [-0.2, -0.15) is 0 Å². The highest BCUT2D eigenvalue weighted by Gasteiger charge is 2.23. The highest BCUT2D eigenvalue weighted by molar-refractivity contribution is 5.76. The van der Waals surface area contributed by atoms with E-state index in [9.17, 15) is 14.9 Å². The molecule has 25 heavy (non-hydrogen) atoms. The second-order valence-corrected chi connectivity index (χ2v) is 6.63. The number of nitrogens with one attached hydrogen (secondary N) is 2. The first-order valence-electron chi connectivity index (χ1n) is 8.83. The van der Waals surface area contributed by atoms with Crippen molar-refractivity contribution in [1.29, 1.82) is 0 Å². The minimum Gasteiger partial charge on any atom is -0.376 e. The number of carbonyl (C=O) groups excluding carboxylic acids is 1. The van der Waals surface area contributed by atoms with Crippen molar-refractivity contribution in [3.05, 3.63) is 34.4 Å². The molecule has 0 aromatic heterocycles. The summed E-state index contributed by atoms with van der Waals surface area (Å²) in [4.78, 5) is 25.9. The van der Waals surface area contributed by atoms with Crippen LogP contribution < -0.4 is 15.1 Å². The van der Waals surface area contributed by atoms with Gasteiger partial charge in [0, 0.05) is 31.0 Å². The van der Waals surface area contributed by atoms with Crippen LogP contribution in [0.15, 0.2) is 24.3 Å². The topological polar surface area (TPSA) is 89.2 Å². The van der Waals surface area contributed by atoms with Crippen LogP contribution in [0.4, 0.5) is 11.4 Å². The molecule has 136 valence electrons. The second kappa shape index (κ2) is 8.26. The van der Waals surface area contributed by atoms with E-state index in [-0.39, 0.29) is 22.6 Å². The van der Waals surface area contributed by atoms with Gasteiger partial charge in [0.05, 0.1) is 37.2 Å². The van der Waals surface area contributed by atoms with E-state index < -0.39 is 0 Å². The Kier molecular flexibility index (Phi) is 5.83. The van der Waals surface area contributed by atoms with Gasteiger partial charge in [-0.25, -0.2) is 0 Å². The molecular weight excluding hydrogens is 324 g/mol. The molecular formula is C17H25N4O4+. The summed E-state index contributed by atoms with van der Waals surface area (Å²) in [7, 11) is 0. The van der Waals surface area contributed by atoms with Crippen molar-refractivity contribution in [2.24, 2.45) is 0 Å². The van der Waals surface area contributed by atoms with Gasteiger partial charge in [-0.05, 0) is 25.0 Å². The molecule has 0 saturated carbocycles. The molecule has 0 unspecified atom stereocenters. The number of nitrogens with zero attached hydrogens (tertiary/aromatic N) is 2. The molecule has 1 aromatic carbocycles. The van der Waals surface area contributed by atoms with E-state index >= 15 is 0 Å². The maximum atomic E-state index is 12.1. The van der Waals surface area contributed by atoms with Gasteiger partial charge >= 0.3 is 0 Å². The number of rotatable bonds is 6. The lowest BCUT2D eigenvalue weighted by molar-refractivity contribution is -0.892. The van der Waals surface area contributed by atoms with Crippen molar-refractivity contribution in [2.75, 3.05) is 50.8 Å². The molecule has 2 aliphatic heterocycles. The van der Waals surface area contributed by atoms with Crippen molar-refractivity contribution in [2.45, 2.75) is 18.9 Å². The van der Waals surface area contributed by atoms with Gasteiger partial charge in [-0.3, -0.25) is 14.9 Å². The van der Waals surface area contributed by atoms with Gasteiger partial charge in [-0.15, -0.1) is 0 Å². The molecule has 0 spiro atoms. The Morgan fingerprint density at radius 1 is 1.32 bits per heavy atom. The van der Waals surface area contributed by atoms with Crippen LogP contribution in [-0.2, 0) is 9.53 Å². The van der Waals surface area contributed by atoms with Gasteiger partial charge in [0.2, 0.25) is 0 Å². The van der Waals surface area contributed by atoms with Crippen LogP contribution in [0.1, 0.15) is 12.8 Å². The van der Waals surface area contributed by atoms with Crippen LogP contribution >= 0.6 is 0 Å². The third-order valence-corrected chi connectivity index (χ3v) is 4.86. The van der Waals surface area contributed by atoms with Gasteiger partial charge in [-0.1, -0.05) is 0 Å². The number of amides is 1. The fourth-order valence-corrected chi connectivity index (χ4v) is 3.37. The Balaban J connectivity index is 1.40. The van der Waals surface area contributed by atoms with Crippen molar-refractivity contribution >= 4 is 17.3 Å². The number of anilines is 1. The first kappa shape index (κ1) is 17.6. The molecule has 2 saturated heterocycles. The number of non-ortho nitro benzene ring substituents is 1. The lowest BCUT2D eigenvalue weighted by atomic mass is 10.2. The summed E-state index contributed by atoms with van der Waals surface area (Å²) in [5.74, 6) is 0.0780. The first-order valence-corrected chi connectivity index (χ1v) is 8.83. The molecule has 2 fully saturated rings. The number of ether oxygens (including phenoxy) is 1. The molecule has 2 heterocycles. The Bertz CT molecular complexity index is 593. The lowest BCUT2D eigenvalue weighted by Crippen LogP contribution is -3.16. The fraction of sp³-hybridized carbons (Fsp3) is 0.588. The molecule has 2 N–H and O–H groups in total. The van der Waals surface area contributed by atoms with Crippen molar-refractivity contribution in [3.8, 4) is 0 Å². The number of piperazine rings is 1. The van der Waals surface area contributed by atoms with Crippen molar-refractivity contribution < 1.29 is 19.4 Å². The minimum absolute atomic E-state index is 0.0780. The molecule has 1 atom stereocenters. The maximum Gasteiger partial charge on any atom is 0.275 e. The summed E-state index contributed by atoms with van der Waals surface area (Å²) in [6, 6.07) is 6.65. The Morgan fingerprint density at radius 3 is 2.64 bits per heavy atom. The third-order valence-electron chi connectivity index (χ3n) is 4.86. The third kappa shape index (κ3) is 4.90. The minimum atomic E-state index is -0.388. The van der Waals surface area contributed by atoms with E-state index in [0.717, 1.165) is 51.3 Å². The Labute approximate surface area is 146 Å². The number of benzene rings is 1. The van der Waals surface area contributed by atoms with Crippen LogP contribution in [0.2, 0.25) is 0 Å². The molecule has 2 aliphatic rings. The predicted octanol–water partition coefficient (Wildman–Crippen LogP) is -0.405. The van der Waals surface area contributed by atoms with Crippen LogP contribution in [0.25, 0.3) is 0 Å². The van der Waals surface area contributed by atoms with Gasteiger partial charge in [0.1, 0.15) is 0 Å². The monoisotopic (exact) mass is 349 g/mol. The molecule has 0 radical (unpaired) electrons. The number of nitro groups is 1. The number of hydrogen-bond donors (Lipinski definition) is 2. The quantitative estimate of drug-likeness (QED) is 0.539. The lowest BCUT2D eigenvalue weighted by Gasteiger charge is -2.33. The molecule has 8 nitrogen and oxygen atoms in total. The highest BCUT2D eigenvalue weighted by atomic mass is 16.6. The average Bonchev–Trinajstić information content (AvgIpc) is 3.14. The molecule has 1 aromatic rings. The molecule has 8 heteroatoms. The predicted molar refractivity (Wildman–Crippen MR) is 92.9 cm³/mol. The molecule has 0 bridgehead atoms. The molecule has 0 aliphatic carbocycles. The Morgan fingerprint density at radius 2 is 2.04 bits per heavy atom. The smallest absolute Gasteiger partial charge is 0.275 e. The van der Waals surface area contributed by atoms with Gasteiger partial charge < -0.3 is 19.9 Å². The van der Waals surface area contributed by atoms with E-state index in [1.807, 2.05) is 0 Å². The first-order chi connectivity index (χ1) is 12.1. The van der Waals surface area contributed by atoms with Crippen molar-refractivity contribution in [3.63, 3.8) is 0 Å². The number of hydrogen-bond acceptors (Lipinski definition) is 5. The van der Waals surface area contributed by atoms with Gasteiger partial charge in [0.25, 0.3) is 11.6 Å². The largest absolute Gasteiger partial charge is 0.376 e. The summed E-state index contributed by atoms with van der Waals surface area (Å²) in [6.07, 6.45) is 2.29. The van der Waals surface area contributed by atoms with Crippen LogP contribution in [-0.4, -0.2) is 62.8 Å². The zero-order valence-electron chi connectivity index (χ0n) is 14.3. The molecule has 3 rings (SSSR count). The SMILES string of the molecule is O=C(C[NH+]1CCN(c2ccc([N+](=O)[O-])cc2)CC1)NC[C@@H]1CCCO1. The molecule has 1 amide bonds. The van der Waals surface area contributed by atoms with Crippen LogP contribution in [0, 0.1) is 10.1 Å². The zero-order chi connectivity index (χ0) is 17.6. The van der Waals surface area contributed by atoms with Crippen molar-refractivity contribution in [1.82, 2.24) is 5.32 Å². The average molecular weight is 349 g/mol. The number of nitro benzene ring substituents is 1. The highest BCUT2D eigenvalue weighted by Crippen LogP contribution is 2.19.